The van der Waals surface area contributed by atoms with Crippen molar-refractivity contribution in [1.29, 1.82) is 0 Å². The van der Waals surface area contributed by atoms with Crippen LogP contribution < -0.4 is 9.47 Å². The highest BCUT2D eigenvalue weighted by Crippen LogP contribution is 2.23. The third-order valence-corrected chi connectivity index (χ3v) is 4.80. The number of esters is 1. The summed E-state index contributed by atoms with van der Waals surface area (Å²) in [6.45, 7) is 2.83. The van der Waals surface area contributed by atoms with Gasteiger partial charge < -0.3 is 23.6 Å². The van der Waals surface area contributed by atoms with E-state index in [1.54, 1.807) is 37.1 Å². The second kappa shape index (κ2) is 9.95. The molecule has 2 aromatic rings. The zero-order chi connectivity index (χ0) is 20.6. The van der Waals surface area contributed by atoms with Gasteiger partial charge in [-0.25, -0.2) is 0 Å². The van der Waals surface area contributed by atoms with Crippen molar-refractivity contribution in [2.24, 2.45) is 0 Å². The fraction of sp³-hybridized carbons (Fsp3) is 0.476. The summed E-state index contributed by atoms with van der Waals surface area (Å²) in [6.07, 6.45) is 2.85. The molecule has 0 aliphatic carbocycles. The molecule has 1 aromatic carbocycles. The van der Waals surface area contributed by atoms with Crippen LogP contribution in [0.2, 0.25) is 0 Å². The lowest BCUT2D eigenvalue weighted by atomic mass is 9.99. The lowest BCUT2D eigenvalue weighted by Crippen LogP contribution is -2.45. The molecule has 1 fully saturated rings. The highest BCUT2D eigenvalue weighted by molar-refractivity contribution is 5.92. The van der Waals surface area contributed by atoms with Crippen molar-refractivity contribution in [3.05, 3.63) is 41.8 Å². The van der Waals surface area contributed by atoms with Gasteiger partial charge in [0, 0.05) is 24.7 Å². The quantitative estimate of drug-likeness (QED) is 0.626. The average molecular weight is 402 g/mol. The number of likely N-dealkylation sites (tertiary alicyclic amines) is 1. The lowest BCUT2D eigenvalue weighted by molar-refractivity contribution is -0.144. The molecule has 29 heavy (non-hydrogen) atoms. The Labute approximate surface area is 169 Å². The molecule has 1 aromatic heterocycles. The standard InChI is InChI=1S/C21H26N2O6/c1-3-27-20(24)11-15-7-4-5-10-23(15)21(25)19-13-18(29-22-19)14-28-17-9-6-8-16(12-17)26-2/h6,8-9,12-13,15H,3-5,7,10-11,14H2,1-2H3. The number of rotatable bonds is 8. The zero-order valence-electron chi connectivity index (χ0n) is 16.8. The highest BCUT2D eigenvalue weighted by atomic mass is 16.5. The van der Waals surface area contributed by atoms with E-state index in [0.717, 1.165) is 19.3 Å². The van der Waals surface area contributed by atoms with Crippen molar-refractivity contribution >= 4 is 11.9 Å². The average Bonchev–Trinajstić information content (AvgIpc) is 3.21. The van der Waals surface area contributed by atoms with Gasteiger partial charge in [-0.2, -0.15) is 0 Å². The Kier molecular flexibility index (Phi) is 7.10. The molecule has 8 heteroatoms. The predicted octanol–water partition coefficient (Wildman–Crippen LogP) is 3.21. The first-order valence-corrected chi connectivity index (χ1v) is 9.79. The Morgan fingerprint density at radius 1 is 1.24 bits per heavy atom. The molecule has 1 amide bonds. The van der Waals surface area contributed by atoms with Gasteiger partial charge in [0.05, 0.1) is 20.1 Å². The summed E-state index contributed by atoms with van der Waals surface area (Å²) >= 11 is 0. The topological polar surface area (TPSA) is 91.1 Å². The molecule has 0 spiro atoms. The third kappa shape index (κ3) is 5.49. The van der Waals surface area contributed by atoms with E-state index in [-0.39, 0.29) is 36.6 Å². The summed E-state index contributed by atoms with van der Waals surface area (Å²) in [7, 11) is 1.59. The molecule has 156 valence electrons. The number of hydrogen-bond donors (Lipinski definition) is 0. The summed E-state index contributed by atoms with van der Waals surface area (Å²) in [5.41, 5.74) is 0.213. The summed E-state index contributed by atoms with van der Waals surface area (Å²) in [6, 6.07) is 8.61. The third-order valence-electron chi connectivity index (χ3n) is 4.80. The smallest absolute Gasteiger partial charge is 0.307 e. The molecule has 0 N–H and O–H groups in total. The van der Waals surface area contributed by atoms with Crippen LogP contribution in [0.4, 0.5) is 0 Å². The Balaban J connectivity index is 1.61. The lowest BCUT2D eigenvalue weighted by Gasteiger charge is -2.34. The Hall–Kier alpha value is -3.03. The summed E-state index contributed by atoms with van der Waals surface area (Å²) in [5.74, 6) is 1.23. The van der Waals surface area contributed by atoms with E-state index in [4.69, 9.17) is 18.7 Å². The van der Waals surface area contributed by atoms with Gasteiger partial charge >= 0.3 is 5.97 Å². The fourth-order valence-corrected chi connectivity index (χ4v) is 3.37. The zero-order valence-corrected chi connectivity index (χ0v) is 16.8. The Morgan fingerprint density at radius 3 is 2.86 bits per heavy atom. The number of benzene rings is 1. The van der Waals surface area contributed by atoms with Crippen LogP contribution in [0.1, 0.15) is 48.9 Å². The number of amides is 1. The summed E-state index contributed by atoms with van der Waals surface area (Å²) < 4.78 is 21.1. The predicted molar refractivity (Wildman–Crippen MR) is 104 cm³/mol. The van der Waals surface area contributed by atoms with Gasteiger partial charge in [0.1, 0.15) is 18.1 Å². The maximum absolute atomic E-state index is 12.9. The van der Waals surface area contributed by atoms with Crippen molar-refractivity contribution < 1.29 is 28.3 Å². The minimum absolute atomic E-state index is 0.139. The van der Waals surface area contributed by atoms with Crippen LogP contribution in [0.3, 0.4) is 0 Å². The fourth-order valence-electron chi connectivity index (χ4n) is 3.37. The van der Waals surface area contributed by atoms with Crippen molar-refractivity contribution in [2.75, 3.05) is 20.3 Å². The largest absolute Gasteiger partial charge is 0.497 e. The van der Waals surface area contributed by atoms with Gasteiger partial charge in [0.25, 0.3) is 5.91 Å². The maximum Gasteiger partial charge on any atom is 0.307 e. The van der Waals surface area contributed by atoms with Crippen LogP contribution >= 0.6 is 0 Å². The van der Waals surface area contributed by atoms with E-state index in [1.165, 1.54) is 0 Å². The van der Waals surface area contributed by atoms with E-state index in [9.17, 15) is 9.59 Å². The van der Waals surface area contributed by atoms with Gasteiger partial charge in [-0.1, -0.05) is 11.2 Å². The second-order valence-corrected chi connectivity index (χ2v) is 6.80. The second-order valence-electron chi connectivity index (χ2n) is 6.80. The van der Waals surface area contributed by atoms with Crippen molar-refractivity contribution in [3.8, 4) is 11.5 Å². The first-order valence-electron chi connectivity index (χ1n) is 9.79. The van der Waals surface area contributed by atoms with E-state index in [0.29, 0.717) is 30.4 Å². The van der Waals surface area contributed by atoms with Gasteiger partial charge in [0.2, 0.25) is 0 Å². The number of nitrogens with zero attached hydrogens (tertiary/aromatic N) is 2. The van der Waals surface area contributed by atoms with Crippen LogP contribution in [0, 0.1) is 0 Å². The Bertz CT molecular complexity index is 834. The minimum Gasteiger partial charge on any atom is -0.497 e. The molecule has 8 nitrogen and oxygen atoms in total. The number of carbonyl (C=O) groups excluding carboxylic acids is 2. The van der Waals surface area contributed by atoms with Crippen LogP contribution in [-0.2, 0) is 16.1 Å². The van der Waals surface area contributed by atoms with Gasteiger partial charge in [0.15, 0.2) is 11.5 Å². The van der Waals surface area contributed by atoms with Crippen molar-refractivity contribution in [1.82, 2.24) is 10.1 Å². The molecule has 1 atom stereocenters. The highest BCUT2D eigenvalue weighted by Gasteiger charge is 2.31. The van der Waals surface area contributed by atoms with Crippen LogP contribution in [-0.4, -0.2) is 48.2 Å². The number of piperidine rings is 1. The first-order chi connectivity index (χ1) is 14.1. The number of carbonyl (C=O) groups is 2. The molecule has 1 saturated heterocycles. The molecule has 1 unspecified atom stereocenters. The monoisotopic (exact) mass is 402 g/mol. The van der Waals surface area contributed by atoms with E-state index < -0.39 is 0 Å². The summed E-state index contributed by atoms with van der Waals surface area (Å²) in [5, 5.41) is 3.90. The van der Waals surface area contributed by atoms with Gasteiger partial charge in [-0.05, 0) is 38.3 Å². The maximum atomic E-state index is 12.9. The number of hydrogen-bond acceptors (Lipinski definition) is 7. The Morgan fingerprint density at radius 2 is 2.07 bits per heavy atom. The molecular formula is C21H26N2O6. The van der Waals surface area contributed by atoms with Crippen molar-refractivity contribution in [2.45, 2.75) is 45.3 Å². The van der Waals surface area contributed by atoms with Crippen molar-refractivity contribution in [3.63, 3.8) is 0 Å². The molecule has 3 rings (SSSR count). The number of aromatic nitrogens is 1. The van der Waals surface area contributed by atoms with E-state index in [2.05, 4.69) is 5.16 Å². The SMILES string of the molecule is CCOC(=O)CC1CCCCN1C(=O)c1cc(COc2cccc(OC)c2)on1. The molecule has 2 heterocycles. The minimum atomic E-state index is -0.287. The normalized spacial score (nSPS) is 16.3. The molecule has 0 saturated carbocycles. The summed E-state index contributed by atoms with van der Waals surface area (Å²) in [4.78, 5) is 26.5. The molecular weight excluding hydrogens is 376 g/mol. The number of methoxy groups -OCH3 is 1. The number of ether oxygens (including phenoxy) is 3. The molecule has 0 radical (unpaired) electrons. The molecule has 0 bridgehead atoms. The molecule has 1 aliphatic rings. The van der Waals surface area contributed by atoms with Crippen LogP contribution in [0.15, 0.2) is 34.9 Å². The van der Waals surface area contributed by atoms with Gasteiger partial charge in [-0.15, -0.1) is 0 Å². The first kappa shape index (κ1) is 20.7. The van der Waals surface area contributed by atoms with E-state index in [1.807, 2.05) is 12.1 Å². The van der Waals surface area contributed by atoms with Crippen LogP contribution in [0.25, 0.3) is 0 Å². The van der Waals surface area contributed by atoms with E-state index >= 15 is 0 Å². The molecule has 1 aliphatic heterocycles. The van der Waals surface area contributed by atoms with Crippen LogP contribution in [0.5, 0.6) is 11.5 Å². The van der Waals surface area contributed by atoms with Gasteiger partial charge in [-0.3, -0.25) is 9.59 Å².